The van der Waals surface area contributed by atoms with Crippen LogP contribution in [0.15, 0.2) is 28.8 Å². The molecule has 1 aliphatic rings. The lowest BCUT2D eigenvalue weighted by Crippen LogP contribution is -2.27. The van der Waals surface area contributed by atoms with Crippen LogP contribution in [0.25, 0.3) is 0 Å². The highest BCUT2D eigenvalue weighted by atomic mass is 19.1. The van der Waals surface area contributed by atoms with E-state index >= 15 is 0 Å². The Morgan fingerprint density at radius 1 is 1.45 bits per heavy atom. The van der Waals surface area contributed by atoms with Crippen LogP contribution in [0.4, 0.5) is 4.39 Å². The summed E-state index contributed by atoms with van der Waals surface area (Å²) in [7, 11) is 0. The number of nitrogens with one attached hydrogen (secondary N) is 1. The molecule has 1 aromatic carbocycles. The van der Waals surface area contributed by atoms with Crippen LogP contribution in [-0.2, 0) is 0 Å². The van der Waals surface area contributed by atoms with Crippen molar-refractivity contribution in [3.8, 4) is 0 Å². The first kappa shape index (κ1) is 14.8. The number of carbonyl (C=O) groups is 1. The molecule has 2 aromatic rings. The lowest BCUT2D eigenvalue weighted by atomic mass is 10.0. The topological polar surface area (TPSA) is 55.1 Å². The zero-order chi connectivity index (χ0) is 15.9. The largest absolute Gasteiger partial charge is 0.360 e. The normalized spacial score (nSPS) is 20.2. The smallest absolute Gasteiger partial charge is 0.257 e. The molecular weight excluding hydrogens is 283 g/mol. The number of rotatable bonds is 4. The summed E-state index contributed by atoms with van der Waals surface area (Å²) in [6, 6.07) is 6.59. The van der Waals surface area contributed by atoms with Gasteiger partial charge in [0.15, 0.2) is 5.76 Å². The third kappa shape index (κ3) is 2.75. The second kappa shape index (κ2) is 5.55. The first-order valence-corrected chi connectivity index (χ1v) is 7.50. The van der Waals surface area contributed by atoms with E-state index in [-0.39, 0.29) is 29.6 Å². The van der Waals surface area contributed by atoms with Crippen molar-refractivity contribution in [2.24, 2.45) is 0 Å². The van der Waals surface area contributed by atoms with Gasteiger partial charge in [0.2, 0.25) is 0 Å². The first-order valence-electron chi connectivity index (χ1n) is 7.50. The maximum absolute atomic E-state index is 13.3. The van der Waals surface area contributed by atoms with E-state index in [1.807, 2.05) is 19.9 Å². The summed E-state index contributed by atoms with van der Waals surface area (Å²) in [6.07, 6.45) is 0.830. The Morgan fingerprint density at radius 2 is 2.23 bits per heavy atom. The Morgan fingerprint density at radius 3 is 2.91 bits per heavy atom. The lowest BCUT2D eigenvalue weighted by Gasteiger charge is -2.07. The first-order chi connectivity index (χ1) is 10.5. The van der Waals surface area contributed by atoms with E-state index in [2.05, 4.69) is 10.5 Å². The Hall–Kier alpha value is -2.17. The molecule has 5 heteroatoms. The molecule has 0 radical (unpaired) electrons. The van der Waals surface area contributed by atoms with Gasteiger partial charge in [0, 0.05) is 17.9 Å². The highest BCUT2D eigenvalue weighted by molar-refractivity contribution is 5.96. The molecular formula is C17H19FN2O2. The molecule has 0 unspecified atom stereocenters. The minimum atomic E-state index is -0.244. The standard InChI is InChI=1S/C17H19FN2O2/c1-9(2)16-15(10(3)20-22-16)17(21)19-14-8-13(14)11-5-4-6-12(18)7-11/h4-7,9,13-14H,8H2,1-3H3,(H,19,21)/t13-,14+/m0/s1. The van der Waals surface area contributed by atoms with Gasteiger partial charge in [-0.15, -0.1) is 0 Å². The van der Waals surface area contributed by atoms with Crippen LogP contribution >= 0.6 is 0 Å². The van der Waals surface area contributed by atoms with Gasteiger partial charge in [-0.3, -0.25) is 4.79 Å². The van der Waals surface area contributed by atoms with Crippen molar-refractivity contribution in [2.45, 2.75) is 45.1 Å². The van der Waals surface area contributed by atoms with Gasteiger partial charge < -0.3 is 9.84 Å². The maximum Gasteiger partial charge on any atom is 0.257 e. The summed E-state index contributed by atoms with van der Waals surface area (Å²) < 4.78 is 18.5. The molecule has 1 fully saturated rings. The average Bonchev–Trinajstić information content (AvgIpc) is 3.10. The second-order valence-electron chi connectivity index (χ2n) is 6.14. The Labute approximate surface area is 128 Å². The fourth-order valence-electron chi connectivity index (χ4n) is 2.76. The lowest BCUT2D eigenvalue weighted by molar-refractivity contribution is 0.0947. The number of benzene rings is 1. The summed E-state index contributed by atoms with van der Waals surface area (Å²) in [6.45, 7) is 5.69. The molecule has 1 heterocycles. The van der Waals surface area contributed by atoms with Gasteiger partial charge in [0.1, 0.15) is 11.4 Å². The van der Waals surface area contributed by atoms with Crippen LogP contribution in [0.5, 0.6) is 0 Å². The van der Waals surface area contributed by atoms with Crippen molar-refractivity contribution in [1.29, 1.82) is 0 Å². The van der Waals surface area contributed by atoms with Gasteiger partial charge in [-0.25, -0.2) is 4.39 Å². The highest BCUT2D eigenvalue weighted by Crippen LogP contribution is 2.41. The van der Waals surface area contributed by atoms with Crippen LogP contribution in [0.2, 0.25) is 0 Å². The molecule has 1 saturated carbocycles. The number of aryl methyl sites for hydroxylation is 1. The molecule has 1 amide bonds. The molecule has 22 heavy (non-hydrogen) atoms. The number of aromatic nitrogens is 1. The zero-order valence-corrected chi connectivity index (χ0v) is 12.9. The van der Waals surface area contributed by atoms with Crippen molar-refractivity contribution in [2.75, 3.05) is 0 Å². The predicted molar refractivity (Wildman–Crippen MR) is 80.3 cm³/mol. The fourth-order valence-corrected chi connectivity index (χ4v) is 2.76. The molecule has 0 spiro atoms. The second-order valence-corrected chi connectivity index (χ2v) is 6.14. The molecule has 0 bridgehead atoms. The van der Waals surface area contributed by atoms with E-state index < -0.39 is 0 Å². The monoisotopic (exact) mass is 302 g/mol. The minimum absolute atomic E-state index is 0.0450. The number of carbonyl (C=O) groups excluding carboxylic acids is 1. The summed E-state index contributed by atoms with van der Waals surface area (Å²) >= 11 is 0. The van der Waals surface area contributed by atoms with E-state index in [0.717, 1.165) is 12.0 Å². The summed E-state index contributed by atoms with van der Waals surface area (Å²) in [5.41, 5.74) is 2.06. The summed E-state index contributed by atoms with van der Waals surface area (Å²) in [5, 5.41) is 6.89. The van der Waals surface area contributed by atoms with Gasteiger partial charge >= 0.3 is 0 Å². The van der Waals surface area contributed by atoms with E-state index in [1.165, 1.54) is 12.1 Å². The Balaban J connectivity index is 1.71. The molecule has 0 aliphatic heterocycles. The summed E-state index contributed by atoms with van der Waals surface area (Å²) in [4.78, 5) is 12.5. The number of hydrogen-bond acceptors (Lipinski definition) is 3. The van der Waals surface area contributed by atoms with E-state index in [0.29, 0.717) is 17.0 Å². The molecule has 4 nitrogen and oxygen atoms in total. The van der Waals surface area contributed by atoms with Crippen LogP contribution in [-0.4, -0.2) is 17.1 Å². The Kier molecular flexibility index (Phi) is 3.72. The predicted octanol–water partition coefficient (Wildman–Crippen LogP) is 3.53. The van der Waals surface area contributed by atoms with E-state index in [1.54, 1.807) is 13.0 Å². The SMILES string of the molecule is Cc1noc(C(C)C)c1C(=O)N[C@@H]1C[C@H]1c1cccc(F)c1. The van der Waals surface area contributed by atoms with Gasteiger partial charge in [-0.1, -0.05) is 31.1 Å². The highest BCUT2D eigenvalue weighted by Gasteiger charge is 2.40. The average molecular weight is 302 g/mol. The van der Waals surface area contributed by atoms with Crippen molar-refractivity contribution in [1.82, 2.24) is 10.5 Å². The minimum Gasteiger partial charge on any atom is -0.360 e. The van der Waals surface area contributed by atoms with Crippen LogP contribution in [0.3, 0.4) is 0 Å². The van der Waals surface area contributed by atoms with Crippen molar-refractivity contribution >= 4 is 5.91 Å². The molecule has 0 saturated heterocycles. The zero-order valence-electron chi connectivity index (χ0n) is 12.9. The maximum atomic E-state index is 13.3. The molecule has 1 N–H and O–H groups in total. The van der Waals surface area contributed by atoms with Gasteiger partial charge in [-0.05, 0) is 31.0 Å². The van der Waals surface area contributed by atoms with Crippen molar-refractivity contribution in [3.63, 3.8) is 0 Å². The molecule has 1 aliphatic carbocycles. The third-order valence-electron chi connectivity index (χ3n) is 4.02. The van der Waals surface area contributed by atoms with Crippen molar-refractivity contribution < 1.29 is 13.7 Å². The van der Waals surface area contributed by atoms with Gasteiger partial charge in [0.05, 0.1) is 5.69 Å². The van der Waals surface area contributed by atoms with E-state index in [4.69, 9.17) is 4.52 Å². The number of amides is 1. The summed E-state index contributed by atoms with van der Waals surface area (Å²) in [5.74, 6) is 0.484. The Bertz CT molecular complexity index is 708. The molecule has 116 valence electrons. The van der Waals surface area contributed by atoms with Crippen LogP contribution < -0.4 is 5.32 Å². The van der Waals surface area contributed by atoms with Gasteiger partial charge in [-0.2, -0.15) is 0 Å². The molecule has 2 atom stereocenters. The van der Waals surface area contributed by atoms with Crippen molar-refractivity contribution in [3.05, 3.63) is 52.7 Å². The molecule has 1 aromatic heterocycles. The third-order valence-corrected chi connectivity index (χ3v) is 4.02. The number of nitrogens with zero attached hydrogens (tertiary/aromatic N) is 1. The van der Waals surface area contributed by atoms with Gasteiger partial charge in [0.25, 0.3) is 5.91 Å². The van der Waals surface area contributed by atoms with Crippen LogP contribution in [0.1, 0.15) is 59.5 Å². The van der Waals surface area contributed by atoms with Crippen LogP contribution in [0, 0.1) is 12.7 Å². The fraction of sp³-hybridized carbons (Fsp3) is 0.412. The van der Waals surface area contributed by atoms with E-state index in [9.17, 15) is 9.18 Å². The quantitative estimate of drug-likeness (QED) is 0.940. The molecule has 3 rings (SSSR count). The number of hydrogen-bond donors (Lipinski definition) is 1. The number of halogens is 1.